The number of anilines is 1. The third kappa shape index (κ3) is 3.29. The molecule has 134 valence electrons. The smallest absolute Gasteiger partial charge is 0.236 e. The second kappa shape index (κ2) is 6.93. The molecule has 0 N–H and O–H groups in total. The summed E-state index contributed by atoms with van der Waals surface area (Å²) in [6, 6.07) is 0. The normalized spacial score (nSPS) is 19.6. The van der Waals surface area contributed by atoms with Crippen molar-refractivity contribution in [1.29, 1.82) is 0 Å². The van der Waals surface area contributed by atoms with Gasteiger partial charge < -0.3 is 14.5 Å². The van der Waals surface area contributed by atoms with Gasteiger partial charge in [0.1, 0.15) is 12.1 Å². The molecule has 2 aliphatic heterocycles. The fourth-order valence-electron chi connectivity index (χ4n) is 3.42. The number of nitrogens with zero attached hydrogens (tertiary/aromatic N) is 7. The van der Waals surface area contributed by atoms with Gasteiger partial charge in [-0.2, -0.15) is 5.10 Å². The summed E-state index contributed by atoms with van der Waals surface area (Å²) in [5.74, 6) is 1.11. The lowest BCUT2D eigenvalue weighted by Gasteiger charge is -2.37. The third-order valence-corrected chi connectivity index (χ3v) is 4.90. The number of rotatable bonds is 3. The quantitative estimate of drug-likeness (QED) is 0.731. The minimum Gasteiger partial charge on any atom is -0.379 e. The van der Waals surface area contributed by atoms with E-state index in [1.54, 1.807) is 17.2 Å². The van der Waals surface area contributed by atoms with Crippen LogP contribution in [0.2, 0.25) is 0 Å². The third-order valence-electron chi connectivity index (χ3n) is 4.90. The number of piperazine rings is 1. The number of amides is 1. The Morgan fingerprint density at radius 2 is 1.88 bits per heavy atom. The molecule has 1 amide bonds. The van der Waals surface area contributed by atoms with Crippen molar-refractivity contribution in [2.75, 3.05) is 63.9 Å². The molecule has 0 spiro atoms. The van der Waals surface area contributed by atoms with E-state index in [1.807, 2.05) is 11.9 Å². The maximum absolute atomic E-state index is 12.5. The molecule has 0 atom stereocenters. The van der Waals surface area contributed by atoms with Gasteiger partial charge >= 0.3 is 0 Å². The number of morpholine rings is 1. The Labute approximate surface area is 146 Å². The molecule has 0 aromatic carbocycles. The molecule has 2 aliphatic rings. The summed E-state index contributed by atoms with van der Waals surface area (Å²) in [7, 11) is 1.88. The number of carbonyl (C=O) groups excluding carboxylic acids is 1. The van der Waals surface area contributed by atoms with Crippen LogP contribution in [0.1, 0.15) is 0 Å². The molecule has 4 rings (SSSR count). The van der Waals surface area contributed by atoms with Gasteiger partial charge in [-0.1, -0.05) is 0 Å². The van der Waals surface area contributed by atoms with Gasteiger partial charge in [0.25, 0.3) is 0 Å². The first-order valence-electron chi connectivity index (χ1n) is 8.68. The van der Waals surface area contributed by atoms with Gasteiger partial charge in [-0.15, -0.1) is 0 Å². The Morgan fingerprint density at radius 3 is 2.64 bits per heavy atom. The second-order valence-electron chi connectivity index (χ2n) is 6.46. The second-order valence-corrected chi connectivity index (χ2v) is 6.46. The highest BCUT2D eigenvalue weighted by molar-refractivity contribution is 5.86. The van der Waals surface area contributed by atoms with Crippen molar-refractivity contribution >= 4 is 22.8 Å². The van der Waals surface area contributed by atoms with Crippen LogP contribution in [0.25, 0.3) is 11.0 Å². The lowest BCUT2D eigenvalue weighted by molar-refractivity contribution is -0.133. The van der Waals surface area contributed by atoms with Crippen molar-refractivity contribution in [3.8, 4) is 0 Å². The van der Waals surface area contributed by atoms with Gasteiger partial charge in [-0.05, 0) is 0 Å². The first-order valence-corrected chi connectivity index (χ1v) is 8.68. The van der Waals surface area contributed by atoms with E-state index < -0.39 is 0 Å². The zero-order valence-electron chi connectivity index (χ0n) is 14.5. The molecule has 4 heterocycles. The summed E-state index contributed by atoms with van der Waals surface area (Å²) in [4.78, 5) is 27.6. The fourth-order valence-corrected chi connectivity index (χ4v) is 3.42. The van der Waals surface area contributed by atoms with Crippen LogP contribution in [-0.4, -0.2) is 94.5 Å². The van der Waals surface area contributed by atoms with Crippen LogP contribution in [-0.2, 0) is 16.6 Å². The predicted octanol–water partition coefficient (Wildman–Crippen LogP) is -0.656. The highest BCUT2D eigenvalue weighted by Crippen LogP contribution is 2.23. The molecule has 9 heteroatoms. The number of fused-ring (bicyclic) bond motifs is 1. The Balaban J connectivity index is 1.38. The number of aryl methyl sites for hydroxylation is 1. The van der Waals surface area contributed by atoms with Gasteiger partial charge in [-0.3, -0.25) is 14.4 Å². The van der Waals surface area contributed by atoms with E-state index in [-0.39, 0.29) is 5.91 Å². The number of ether oxygens (including phenoxy) is 1. The number of carbonyl (C=O) groups is 1. The van der Waals surface area contributed by atoms with Gasteiger partial charge in [0, 0.05) is 46.3 Å². The zero-order valence-corrected chi connectivity index (χ0v) is 14.5. The van der Waals surface area contributed by atoms with Crippen molar-refractivity contribution in [3.05, 3.63) is 12.5 Å². The number of hydrogen-bond donors (Lipinski definition) is 0. The molecule has 9 nitrogen and oxygen atoms in total. The minimum absolute atomic E-state index is 0.204. The van der Waals surface area contributed by atoms with Gasteiger partial charge in [0.2, 0.25) is 5.91 Å². The summed E-state index contributed by atoms with van der Waals surface area (Å²) in [5.41, 5.74) is 0.829. The first-order chi connectivity index (χ1) is 12.2. The van der Waals surface area contributed by atoms with Crippen molar-refractivity contribution in [3.63, 3.8) is 0 Å². The molecule has 2 saturated heterocycles. The van der Waals surface area contributed by atoms with Crippen LogP contribution >= 0.6 is 0 Å². The van der Waals surface area contributed by atoms with E-state index in [0.29, 0.717) is 6.54 Å². The van der Waals surface area contributed by atoms with E-state index in [0.717, 1.165) is 69.3 Å². The lowest BCUT2D eigenvalue weighted by Crippen LogP contribution is -2.52. The fraction of sp³-hybridized carbons (Fsp3) is 0.625. The lowest BCUT2D eigenvalue weighted by atomic mass is 10.2. The van der Waals surface area contributed by atoms with E-state index in [2.05, 4.69) is 24.9 Å². The van der Waals surface area contributed by atoms with E-state index in [1.165, 1.54) is 0 Å². The molecule has 0 unspecified atom stereocenters. The SMILES string of the molecule is Cn1ncc2c(N3CCN(C(=O)CN4CCOCC4)CC3)ncnc21. The highest BCUT2D eigenvalue weighted by atomic mass is 16.5. The Kier molecular flexibility index (Phi) is 4.50. The largest absolute Gasteiger partial charge is 0.379 e. The van der Waals surface area contributed by atoms with Gasteiger partial charge in [0.15, 0.2) is 5.65 Å². The van der Waals surface area contributed by atoms with Crippen LogP contribution in [0, 0.1) is 0 Å². The standard InChI is InChI=1S/C16H23N7O2/c1-20-15-13(10-19-20)16(18-12-17-15)23-4-2-22(3-5-23)14(24)11-21-6-8-25-9-7-21/h10,12H,2-9,11H2,1H3. The van der Waals surface area contributed by atoms with Crippen molar-refractivity contribution < 1.29 is 9.53 Å². The van der Waals surface area contributed by atoms with Crippen molar-refractivity contribution in [1.82, 2.24) is 29.5 Å². The number of hydrogen-bond acceptors (Lipinski definition) is 7. The maximum Gasteiger partial charge on any atom is 0.236 e. The minimum atomic E-state index is 0.204. The molecular formula is C16H23N7O2. The van der Waals surface area contributed by atoms with Crippen LogP contribution in [0.15, 0.2) is 12.5 Å². The Bertz CT molecular complexity index is 748. The Morgan fingerprint density at radius 1 is 1.12 bits per heavy atom. The van der Waals surface area contributed by atoms with Crippen LogP contribution < -0.4 is 4.90 Å². The molecule has 0 aliphatic carbocycles. The molecule has 0 radical (unpaired) electrons. The topological polar surface area (TPSA) is 79.6 Å². The molecule has 0 saturated carbocycles. The van der Waals surface area contributed by atoms with Crippen LogP contribution in [0.3, 0.4) is 0 Å². The highest BCUT2D eigenvalue weighted by Gasteiger charge is 2.25. The van der Waals surface area contributed by atoms with Crippen molar-refractivity contribution in [2.45, 2.75) is 0 Å². The van der Waals surface area contributed by atoms with Crippen LogP contribution in [0.4, 0.5) is 5.82 Å². The average molecular weight is 345 g/mol. The summed E-state index contributed by atoms with van der Waals surface area (Å²) in [5, 5.41) is 5.22. The van der Waals surface area contributed by atoms with Gasteiger partial charge in [0.05, 0.1) is 31.3 Å². The molecule has 2 aromatic rings. The average Bonchev–Trinajstić information content (AvgIpc) is 3.04. The van der Waals surface area contributed by atoms with E-state index >= 15 is 0 Å². The molecule has 0 bridgehead atoms. The number of aromatic nitrogens is 4. The van der Waals surface area contributed by atoms with Gasteiger partial charge in [-0.25, -0.2) is 9.97 Å². The first kappa shape index (κ1) is 16.2. The van der Waals surface area contributed by atoms with Crippen LogP contribution in [0.5, 0.6) is 0 Å². The summed E-state index contributed by atoms with van der Waals surface area (Å²) >= 11 is 0. The molecule has 25 heavy (non-hydrogen) atoms. The van der Waals surface area contributed by atoms with E-state index in [4.69, 9.17) is 4.74 Å². The van der Waals surface area contributed by atoms with E-state index in [9.17, 15) is 4.79 Å². The summed E-state index contributed by atoms with van der Waals surface area (Å²) in [6.45, 7) is 6.59. The monoisotopic (exact) mass is 345 g/mol. The summed E-state index contributed by atoms with van der Waals surface area (Å²) < 4.78 is 7.09. The summed E-state index contributed by atoms with van der Waals surface area (Å²) in [6.07, 6.45) is 3.38. The predicted molar refractivity (Wildman–Crippen MR) is 92.4 cm³/mol. The molecule has 2 fully saturated rings. The van der Waals surface area contributed by atoms with Crippen molar-refractivity contribution in [2.24, 2.45) is 7.05 Å². The molecular weight excluding hydrogens is 322 g/mol. The Hall–Kier alpha value is -2.26. The molecule has 2 aromatic heterocycles. The maximum atomic E-state index is 12.5. The zero-order chi connectivity index (χ0) is 17.2.